The van der Waals surface area contributed by atoms with Crippen LogP contribution in [-0.4, -0.2) is 76.6 Å². The van der Waals surface area contributed by atoms with Crippen molar-refractivity contribution in [1.82, 2.24) is 14.9 Å². The number of hydrogen-bond donors (Lipinski definition) is 1. The third-order valence-electron chi connectivity index (χ3n) is 7.00. The number of benzene rings is 1. The highest BCUT2D eigenvalue weighted by atomic mass is 35.5. The van der Waals surface area contributed by atoms with Gasteiger partial charge in [-0.05, 0) is 48.6 Å². The fraction of sp³-hybridized carbons (Fsp3) is 0.440. The van der Waals surface area contributed by atoms with Gasteiger partial charge < -0.3 is 24.8 Å². The molecule has 0 bridgehead atoms. The van der Waals surface area contributed by atoms with Crippen LogP contribution in [-0.2, 0) is 20.6 Å². The summed E-state index contributed by atoms with van der Waals surface area (Å²) in [5, 5.41) is 9.20. The van der Waals surface area contributed by atoms with Crippen molar-refractivity contribution in [3.63, 3.8) is 0 Å². The van der Waals surface area contributed by atoms with E-state index in [1.807, 2.05) is 0 Å². The van der Waals surface area contributed by atoms with E-state index in [1.165, 1.54) is 12.1 Å². The van der Waals surface area contributed by atoms with Crippen LogP contribution in [0.15, 0.2) is 47.8 Å². The number of piperidine rings is 1. The summed E-state index contributed by atoms with van der Waals surface area (Å²) in [5.41, 5.74) is -0.514. The lowest BCUT2D eigenvalue weighted by atomic mass is 9.87. The third kappa shape index (κ3) is 6.36. The van der Waals surface area contributed by atoms with Crippen molar-refractivity contribution in [3.05, 3.63) is 53.2 Å². The molecule has 3 aliphatic rings. The summed E-state index contributed by atoms with van der Waals surface area (Å²) in [7, 11) is 0. The molecule has 1 aromatic carbocycles. The van der Waals surface area contributed by atoms with E-state index in [4.69, 9.17) is 33.5 Å². The van der Waals surface area contributed by atoms with Gasteiger partial charge in [-0.25, -0.2) is 4.98 Å². The number of anilines is 2. The van der Waals surface area contributed by atoms with E-state index >= 15 is 0 Å². The second-order valence-electron chi connectivity index (χ2n) is 9.59. The molecule has 1 N–H and O–H groups in total. The van der Waals surface area contributed by atoms with Crippen molar-refractivity contribution in [2.45, 2.75) is 31.0 Å². The van der Waals surface area contributed by atoms with Crippen molar-refractivity contribution in [3.8, 4) is 0 Å². The highest BCUT2D eigenvalue weighted by Gasteiger charge is 2.45. The van der Waals surface area contributed by atoms with Gasteiger partial charge in [0.1, 0.15) is 17.1 Å². The van der Waals surface area contributed by atoms with Crippen LogP contribution >= 0.6 is 23.8 Å². The zero-order valence-corrected chi connectivity index (χ0v) is 22.4. The lowest BCUT2D eigenvalue weighted by Crippen LogP contribution is -2.51. The first-order valence-corrected chi connectivity index (χ1v) is 13.2. The molecule has 39 heavy (non-hydrogen) atoms. The second-order valence-corrected chi connectivity index (χ2v) is 10.4. The van der Waals surface area contributed by atoms with Crippen LogP contribution in [0.25, 0.3) is 0 Å². The number of hydrogen-bond acceptors (Lipinski definition) is 8. The monoisotopic (exact) mass is 582 g/mol. The topological polar surface area (TPSA) is 82.5 Å². The van der Waals surface area contributed by atoms with Gasteiger partial charge in [0, 0.05) is 70.4 Å². The molecule has 2 saturated heterocycles. The molecular weight excluding hydrogens is 557 g/mol. The molecular formula is C25H26ClF3N6O3S. The molecule has 1 spiro atoms. The molecule has 0 radical (unpaired) electrons. The number of hydroxylamine groups is 2. The summed E-state index contributed by atoms with van der Waals surface area (Å²) < 4.78 is 38.2. The number of halogens is 4. The zero-order valence-electron chi connectivity index (χ0n) is 20.8. The molecule has 208 valence electrons. The average molecular weight is 583 g/mol. The predicted molar refractivity (Wildman–Crippen MR) is 143 cm³/mol. The van der Waals surface area contributed by atoms with Crippen LogP contribution in [0.4, 0.5) is 24.7 Å². The molecule has 0 unspecified atom stereocenters. The maximum atomic E-state index is 13.1. The first-order chi connectivity index (χ1) is 18.6. The molecule has 0 aliphatic carbocycles. The Labute approximate surface area is 233 Å². The summed E-state index contributed by atoms with van der Waals surface area (Å²) in [6.45, 7) is 3.26. The summed E-state index contributed by atoms with van der Waals surface area (Å²) in [6.07, 6.45) is -1.15. The van der Waals surface area contributed by atoms with Gasteiger partial charge in [0.15, 0.2) is 0 Å². The zero-order chi connectivity index (χ0) is 27.6. The Morgan fingerprint density at radius 1 is 1.08 bits per heavy atom. The fourth-order valence-electron chi connectivity index (χ4n) is 4.80. The number of carbonyl (C=O) groups excluding carboxylic acids is 1. The lowest BCUT2D eigenvalue weighted by Gasteiger charge is -2.37. The molecule has 2 fully saturated rings. The molecule has 0 atom stereocenters. The normalized spacial score (nSPS) is 19.4. The van der Waals surface area contributed by atoms with Gasteiger partial charge in [-0.1, -0.05) is 16.8 Å². The first kappa shape index (κ1) is 27.4. The molecule has 1 aromatic heterocycles. The number of piperazine rings is 1. The van der Waals surface area contributed by atoms with Gasteiger partial charge in [-0.15, -0.1) is 5.06 Å². The SMILES string of the molecule is O=C(C1=NOC2(CCN(OC(=S)Nc3ccc(C(F)(F)F)cc3)CC2)C1)N1CCN(c2ncccc2Cl)CC1. The largest absolute Gasteiger partial charge is 0.416 e. The number of pyridine rings is 1. The number of carbonyl (C=O) groups is 1. The summed E-state index contributed by atoms with van der Waals surface area (Å²) in [6, 6.07) is 8.11. The van der Waals surface area contributed by atoms with Crippen LogP contribution in [0.1, 0.15) is 24.8 Å². The lowest BCUT2D eigenvalue weighted by molar-refractivity contribution is -0.143. The van der Waals surface area contributed by atoms with Gasteiger partial charge in [0.25, 0.3) is 11.1 Å². The van der Waals surface area contributed by atoms with E-state index in [9.17, 15) is 18.0 Å². The second kappa shape index (κ2) is 11.1. The summed E-state index contributed by atoms with van der Waals surface area (Å²) in [5.74, 6) is 0.592. The number of rotatable bonds is 4. The van der Waals surface area contributed by atoms with Gasteiger partial charge >= 0.3 is 6.18 Å². The van der Waals surface area contributed by atoms with Crippen LogP contribution in [0.5, 0.6) is 0 Å². The van der Waals surface area contributed by atoms with E-state index in [0.717, 1.165) is 18.0 Å². The van der Waals surface area contributed by atoms with Crippen LogP contribution < -0.4 is 10.2 Å². The van der Waals surface area contributed by atoms with E-state index in [1.54, 1.807) is 28.3 Å². The quantitative estimate of drug-likeness (QED) is 0.533. The Hall–Kier alpha value is -3.16. The smallest absolute Gasteiger partial charge is 0.388 e. The Balaban J connectivity index is 1.06. The Morgan fingerprint density at radius 3 is 2.41 bits per heavy atom. The van der Waals surface area contributed by atoms with E-state index in [0.29, 0.717) is 75.0 Å². The maximum absolute atomic E-state index is 13.1. The number of nitrogens with one attached hydrogen (secondary N) is 1. The molecule has 5 rings (SSSR count). The van der Waals surface area contributed by atoms with Crippen molar-refractivity contribution in [2.75, 3.05) is 49.5 Å². The van der Waals surface area contributed by atoms with Gasteiger partial charge in [0.2, 0.25) is 0 Å². The molecule has 1 amide bonds. The molecule has 3 aliphatic heterocycles. The molecule has 14 heteroatoms. The number of oxime groups is 1. The van der Waals surface area contributed by atoms with Gasteiger partial charge in [-0.2, -0.15) is 13.2 Å². The molecule has 2 aromatic rings. The Bertz CT molecular complexity index is 1250. The number of thiocarbonyl (C=S) groups is 1. The molecule has 9 nitrogen and oxygen atoms in total. The van der Waals surface area contributed by atoms with E-state index in [2.05, 4.69) is 20.4 Å². The predicted octanol–water partition coefficient (Wildman–Crippen LogP) is 4.34. The van der Waals surface area contributed by atoms with Crippen LogP contribution in [0, 0.1) is 0 Å². The Morgan fingerprint density at radius 2 is 1.77 bits per heavy atom. The summed E-state index contributed by atoms with van der Waals surface area (Å²) >= 11 is 11.5. The highest BCUT2D eigenvalue weighted by molar-refractivity contribution is 7.80. The van der Waals surface area contributed by atoms with Crippen molar-refractivity contribution >= 4 is 52.1 Å². The van der Waals surface area contributed by atoms with Crippen molar-refractivity contribution in [1.29, 1.82) is 0 Å². The molecule has 0 saturated carbocycles. The average Bonchev–Trinajstić information content (AvgIpc) is 3.33. The van der Waals surface area contributed by atoms with Crippen molar-refractivity contribution in [2.24, 2.45) is 5.16 Å². The van der Waals surface area contributed by atoms with E-state index < -0.39 is 17.3 Å². The van der Waals surface area contributed by atoms with Crippen LogP contribution in [0.2, 0.25) is 5.02 Å². The van der Waals surface area contributed by atoms with Gasteiger partial charge in [0.05, 0.1) is 10.6 Å². The minimum Gasteiger partial charge on any atom is -0.388 e. The summed E-state index contributed by atoms with van der Waals surface area (Å²) in [4.78, 5) is 32.8. The van der Waals surface area contributed by atoms with E-state index in [-0.39, 0.29) is 11.1 Å². The number of amides is 1. The number of alkyl halides is 3. The highest BCUT2D eigenvalue weighted by Crippen LogP contribution is 2.35. The molecule has 4 heterocycles. The Kier molecular flexibility index (Phi) is 7.83. The van der Waals surface area contributed by atoms with Crippen LogP contribution in [0.3, 0.4) is 0 Å². The maximum Gasteiger partial charge on any atom is 0.416 e. The first-order valence-electron chi connectivity index (χ1n) is 12.4. The number of nitrogens with zero attached hydrogens (tertiary/aromatic N) is 5. The minimum absolute atomic E-state index is 0.0244. The van der Waals surface area contributed by atoms with Gasteiger partial charge in [-0.3, -0.25) is 4.79 Å². The fourth-order valence-corrected chi connectivity index (χ4v) is 5.27. The minimum atomic E-state index is -4.40. The number of aromatic nitrogens is 1. The standard InChI is InChI=1S/C25H26ClF3N6O3S/c26-19-2-1-9-30-21(19)33-12-14-34(15-13-33)22(36)20-16-24(38-32-20)7-10-35(11-8-24)37-23(39)31-18-5-3-17(4-6-18)25(27,28)29/h1-6,9H,7-8,10-16H2,(H,31,39). The third-order valence-corrected chi connectivity index (χ3v) is 7.47. The van der Waals surface area contributed by atoms with Crippen molar-refractivity contribution < 1.29 is 27.6 Å².